The largest absolute Gasteiger partial charge is 0.487 e. The van der Waals surface area contributed by atoms with Crippen molar-refractivity contribution in [1.82, 2.24) is 9.55 Å². The van der Waals surface area contributed by atoms with Crippen molar-refractivity contribution in [3.8, 4) is 5.75 Å². The Bertz CT molecular complexity index is 935. The molecule has 2 aromatic heterocycles. The molecular weight excluding hydrogens is 364 g/mol. The molecular formula is C21H21ClN2O3. The topological polar surface area (TPSA) is 64.3 Å². The third kappa shape index (κ3) is 5.42. The highest BCUT2D eigenvalue weighted by Crippen LogP contribution is 2.14. The Morgan fingerprint density at radius 1 is 1.19 bits per heavy atom. The van der Waals surface area contributed by atoms with Crippen LogP contribution in [0.3, 0.4) is 0 Å². The van der Waals surface area contributed by atoms with Crippen LogP contribution in [0, 0.1) is 0 Å². The maximum atomic E-state index is 12.3. The van der Waals surface area contributed by atoms with E-state index in [2.05, 4.69) is 4.98 Å². The van der Waals surface area contributed by atoms with E-state index in [0.29, 0.717) is 17.3 Å². The van der Waals surface area contributed by atoms with Crippen LogP contribution in [0.2, 0.25) is 5.02 Å². The second-order valence-electron chi connectivity index (χ2n) is 6.32. The number of ether oxygens (including phenoxy) is 1. The molecule has 0 aliphatic rings. The molecule has 2 heterocycles. The van der Waals surface area contributed by atoms with Crippen LogP contribution in [0.1, 0.15) is 29.8 Å². The van der Waals surface area contributed by atoms with Crippen LogP contribution in [0.15, 0.2) is 65.7 Å². The molecule has 1 unspecified atom stereocenters. The van der Waals surface area contributed by atoms with E-state index in [9.17, 15) is 9.90 Å². The number of aromatic nitrogens is 2. The summed E-state index contributed by atoms with van der Waals surface area (Å²) in [5.41, 5.74) is 2.62. The van der Waals surface area contributed by atoms with Crippen LogP contribution in [0.25, 0.3) is 0 Å². The molecule has 1 aromatic carbocycles. The molecule has 0 bridgehead atoms. The van der Waals surface area contributed by atoms with Crippen molar-refractivity contribution >= 4 is 11.6 Å². The molecule has 1 N–H and O–H groups in total. The molecule has 5 nitrogen and oxygen atoms in total. The predicted octanol–water partition coefficient (Wildman–Crippen LogP) is 3.77. The molecule has 0 aliphatic carbocycles. The second-order valence-corrected chi connectivity index (χ2v) is 6.75. The van der Waals surface area contributed by atoms with E-state index in [1.54, 1.807) is 42.1 Å². The maximum absolute atomic E-state index is 12.3. The van der Waals surface area contributed by atoms with Crippen molar-refractivity contribution in [3.63, 3.8) is 0 Å². The fraction of sp³-hybridized carbons (Fsp3) is 0.238. The van der Waals surface area contributed by atoms with Gasteiger partial charge in [0.05, 0.1) is 16.8 Å². The molecule has 3 rings (SSSR count). The highest BCUT2D eigenvalue weighted by molar-refractivity contribution is 6.30. The minimum atomic E-state index is -0.475. The molecule has 0 radical (unpaired) electrons. The van der Waals surface area contributed by atoms with E-state index in [1.165, 1.54) is 6.07 Å². The van der Waals surface area contributed by atoms with Gasteiger partial charge in [-0.15, -0.1) is 0 Å². The first-order valence-corrected chi connectivity index (χ1v) is 9.10. The summed E-state index contributed by atoms with van der Waals surface area (Å²) < 4.78 is 7.27. The fourth-order valence-corrected chi connectivity index (χ4v) is 2.74. The predicted molar refractivity (Wildman–Crippen MR) is 105 cm³/mol. The van der Waals surface area contributed by atoms with E-state index in [-0.39, 0.29) is 12.2 Å². The molecule has 0 fully saturated rings. The summed E-state index contributed by atoms with van der Waals surface area (Å²) in [7, 11) is 0. The zero-order valence-electron chi connectivity index (χ0n) is 15.0. The van der Waals surface area contributed by atoms with Gasteiger partial charge in [0.1, 0.15) is 12.4 Å². The number of pyridine rings is 2. The highest BCUT2D eigenvalue weighted by Gasteiger charge is 2.04. The number of nitrogens with zero attached hydrogens (tertiary/aromatic N) is 2. The van der Waals surface area contributed by atoms with Gasteiger partial charge in [0.2, 0.25) is 0 Å². The van der Waals surface area contributed by atoms with Crippen LogP contribution in [0.5, 0.6) is 5.75 Å². The van der Waals surface area contributed by atoms with Gasteiger partial charge in [-0.05, 0) is 42.7 Å². The Balaban J connectivity index is 1.57. The Morgan fingerprint density at radius 2 is 1.96 bits per heavy atom. The first-order chi connectivity index (χ1) is 13.0. The number of aryl methyl sites for hydroxylation is 2. The Kier molecular flexibility index (Phi) is 6.27. The monoisotopic (exact) mass is 384 g/mol. The Labute approximate surface area is 162 Å². The van der Waals surface area contributed by atoms with E-state index in [0.717, 1.165) is 23.2 Å². The summed E-state index contributed by atoms with van der Waals surface area (Å²) >= 11 is 5.80. The number of hydrogen-bond acceptors (Lipinski definition) is 4. The SMILES string of the molecule is CC(O)c1ccc(CCn2ccc(OCc3ccc(Cl)cn3)cc2=O)cc1. The molecule has 0 amide bonds. The second kappa shape index (κ2) is 8.84. The van der Waals surface area contributed by atoms with Gasteiger partial charge in [0, 0.05) is 25.0 Å². The van der Waals surface area contributed by atoms with Crippen LogP contribution in [-0.4, -0.2) is 14.7 Å². The number of aliphatic hydroxyl groups excluding tert-OH is 1. The van der Waals surface area contributed by atoms with Gasteiger partial charge in [-0.1, -0.05) is 35.9 Å². The first kappa shape index (κ1) is 19.1. The summed E-state index contributed by atoms with van der Waals surface area (Å²) in [5, 5.41) is 10.1. The molecule has 0 aliphatic heterocycles. The fourth-order valence-electron chi connectivity index (χ4n) is 2.63. The minimum absolute atomic E-state index is 0.114. The van der Waals surface area contributed by atoms with Gasteiger partial charge in [-0.3, -0.25) is 9.78 Å². The van der Waals surface area contributed by atoms with Crippen LogP contribution in [0.4, 0.5) is 0 Å². The summed E-state index contributed by atoms with van der Waals surface area (Å²) in [6, 6.07) is 14.5. The Morgan fingerprint density at radius 3 is 2.59 bits per heavy atom. The molecule has 0 spiro atoms. The summed E-state index contributed by atoms with van der Waals surface area (Å²) in [4.78, 5) is 16.4. The molecule has 1 atom stereocenters. The summed E-state index contributed by atoms with van der Waals surface area (Å²) in [6.07, 6.45) is 3.55. The lowest BCUT2D eigenvalue weighted by Crippen LogP contribution is -2.19. The molecule has 140 valence electrons. The zero-order valence-corrected chi connectivity index (χ0v) is 15.8. The quantitative estimate of drug-likeness (QED) is 0.673. The molecule has 3 aromatic rings. The van der Waals surface area contributed by atoms with Crippen molar-refractivity contribution in [3.05, 3.63) is 93.1 Å². The third-order valence-electron chi connectivity index (χ3n) is 4.25. The first-order valence-electron chi connectivity index (χ1n) is 8.72. The summed E-state index contributed by atoms with van der Waals surface area (Å²) in [5.74, 6) is 0.509. The average Bonchev–Trinajstić information content (AvgIpc) is 2.67. The third-order valence-corrected chi connectivity index (χ3v) is 4.47. The minimum Gasteiger partial charge on any atom is -0.487 e. The summed E-state index contributed by atoms with van der Waals surface area (Å²) in [6.45, 7) is 2.59. The van der Waals surface area contributed by atoms with Crippen molar-refractivity contribution in [2.24, 2.45) is 0 Å². The number of halogens is 1. The molecule has 0 saturated heterocycles. The van der Waals surface area contributed by atoms with Crippen molar-refractivity contribution in [1.29, 1.82) is 0 Å². The van der Waals surface area contributed by atoms with Gasteiger partial charge in [-0.2, -0.15) is 0 Å². The maximum Gasteiger partial charge on any atom is 0.254 e. The van der Waals surface area contributed by atoms with Crippen molar-refractivity contribution in [2.75, 3.05) is 0 Å². The van der Waals surface area contributed by atoms with Gasteiger partial charge in [-0.25, -0.2) is 0 Å². The van der Waals surface area contributed by atoms with Crippen molar-refractivity contribution < 1.29 is 9.84 Å². The van der Waals surface area contributed by atoms with E-state index >= 15 is 0 Å². The van der Waals surface area contributed by atoms with E-state index in [1.807, 2.05) is 24.3 Å². The van der Waals surface area contributed by atoms with E-state index < -0.39 is 6.10 Å². The standard InChI is InChI=1S/C21H21ClN2O3/c1-15(25)17-4-2-16(3-5-17)8-10-24-11-9-20(12-21(24)26)27-14-19-7-6-18(22)13-23-19/h2-7,9,11-13,15,25H,8,10,14H2,1H3. The lowest BCUT2D eigenvalue weighted by Gasteiger charge is -2.10. The molecule has 6 heteroatoms. The number of hydrogen-bond donors (Lipinski definition) is 1. The van der Waals surface area contributed by atoms with Gasteiger partial charge < -0.3 is 14.4 Å². The highest BCUT2D eigenvalue weighted by atomic mass is 35.5. The molecule has 0 saturated carbocycles. The van der Waals surface area contributed by atoms with Crippen LogP contribution < -0.4 is 10.3 Å². The average molecular weight is 385 g/mol. The van der Waals surface area contributed by atoms with Gasteiger partial charge in [0.15, 0.2) is 0 Å². The smallest absolute Gasteiger partial charge is 0.254 e. The Hall–Kier alpha value is -2.63. The van der Waals surface area contributed by atoms with Gasteiger partial charge in [0.25, 0.3) is 5.56 Å². The number of aliphatic hydroxyl groups is 1. The number of rotatable bonds is 7. The van der Waals surface area contributed by atoms with E-state index in [4.69, 9.17) is 16.3 Å². The number of benzene rings is 1. The van der Waals surface area contributed by atoms with Gasteiger partial charge >= 0.3 is 0 Å². The lowest BCUT2D eigenvalue weighted by atomic mass is 10.1. The van der Waals surface area contributed by atoms with Crippen molar-refractivity contribution in [2.45, 2.75) is 32.6 Å². The lowest BCUT2D eigenvalue weighted by molar-refractivity contribution is 0.199. The van der Waals surface area contributed by atoms with Crippen LogP contribution >= 0.6 is 11.6 Å². The van der Waals surface area contributed by atoms with Crippen LogP contribution in [-0.2, 0) is 19.6 Å². The normalized spacial score (nSPS) is 12.0. The zero-order chi connectivity index (χ0) is 19.2. The molecule has 27 heavy (non-hydrogen) atoms.